The average Bonchev–Trinajstić information content (AvgIpc) is 3.20. The number of piperidine rings is 1. The number of benzene rings is 2. The van der Waals surface area contributed by atoms with Gasteiger partial charge in [-0.25, -0.2) is 8.42 Å². The van der Waals surface area contributed by atoms with E-state index < -0.39 is 10.0 Å². The maximum atomic E-state index is 13.0. The van der Waals surface area contributed by atoms with Crippen LogP contribution in [0, 0.1) is 13.8 Å². The van der Waals surface area contributed by atoms with Crippen molar-refractivity contribution in [2.45, 2.75) is 37.5 Å². The minimum absolute atomic E-state index is 0.0645. The van der Waals surface area contributed by atoms with E-state index in [0.717, 1.165) is 21.2 Å². The molecule has 3 aromatic rings. The molecule has 0 amide bonds. The van der Waals surface area contributed by atoms with Gasteiger partial charge in [-0.15, -0.1) is 0 Å². The Hall–Kier alpha value is -2.03. The van der Waals surface area contributed by atoms with E-state index in [2.05, 4.69) is 26.1 Å². The topological polar surface area (TPSA) is 76.3 Å². The van der Waals surface area contributed by atoms with Crippen LogP contribution < -0.4 is 0 Å². The molecule has 1 aromatic heterocycles. The number of sulfonamides is 1. The molecule has 0 spiro atoms. The molecule has 1 saturated heterocycles. The van der Waals surface area contributed by atoms with Crippen molar-refractivity contribution in [1.82, 2.24) is 14.4 Å². The summed E-state index contributed by atoms with van der Waals surface area (Å²) in [4.78, 5) is 4.90. The summed E-state index contributed by atoms with van der Waals surface area (Å²) in [6.45, 7) is 4.78. The van der Waals surface area contributed by atoms with E-state index in [1.807, 2.05) is 44.2 Å². The zero-order chi connectivity index (χ0) is 20.6. The van der Waals surface area contributed by atoms with Gasteiger partial charge >= 0.3 is 0 Å². The minimum atomic E-state index is -3.49. The largest absolute Gasteiger partial charge is 0.339 e. The van der Waals surface area contributed by atoms with E-state index in [0.29, 0.717) is 42.5 Å². The lowest BCUT2D eigenvalue weighted by Gasteiger charge is -2.29. The Labute approximate surface area is 179 Å². The first-order valence-corrected chi connectivity index (χ1v) is 11.7. The van der Waals surface area contributed by atoms with Crippen molar-refractivity contribution in [3.63, 3.8) is 0 Å². The van der Waals surface area contributed by atoms with Crippen LogP contribution in [0.25, 0.3) is 11.4 Å². The molecular weight excluding hydrogens is 454 g/mol. The van der Waals surface area contributed by atoms with Crippen LogP contribution in [-0.2, 0) is 10.0 Å². The molecule has 0 saturated carbocycles. The quantitative estimate of drug-likeness (QED) is 0.547. The first kappa shape index (κ1) is 20.3. The highest BCUT2D eigenvalue weighted by atomic mass is 79.9. The fourth-order valence-electron chi connectivity index (χ4n) is 3.51. The fourth-order valence-corrected chi connectivity index (χ4v) is 5.47. The summed E-state index contributed by atoms with van der Waals surface area (Å²) in [7, 11) is -3.49. The Bertz CT molecular complexity index is 1140. The smallest absolute Gasteiger partial charge is 0.243 e. The summed E-state index contributed by atoms with van der Waals surface area (Å²) in [5.74, 6) is 1.18. The molecule has 0 N–H and O–H groups in total. The molecule has 2 heterocycles. The van der Waals surface area contributed by atoms with E-state index >= 15 is 0 Å². The Balaban J connectivity index is 1.46. The normalized spacial score (nSPS) is 16.2. The molecule has 6 nitrogen and oxygen atoms in total. The standard InChI is InChI=1S/C21H22BrN3O3S/c1-14-6-7-19(12-15(14)2)29(26,27)25-10-8-16(9-11-25)21-23-20(24-28-21)17-4-3-5-18(22)13-17/h3-7,12-13,16H,8-11H2,1-2H3. The second-order valence-electron chi connectivity index (χ2n) is 7.39. The van der Waals surface area contributed by atoms with E-state index in [9.17, 15) is 8.42 Å². The van der Waals surface area contributed by atoms with E-state index in [-0.39, 0.29) is 5.92 Å². The van der Waals surface area contributed by atoms with Gasteiger partial charge in [-0.3, -0.25) is 0 Å². The van der Waals surface area contributed by atoms with Crippen molar-refractivity contribution >= 4 is 26.0 Å². The number of nitrogens with zero attached hydrogens (tertiary/aromatic N) is 3. The monoisotopic (exact) mass is 475 g/mol. The molecule has 1 fully saturated rings. The van der Waals surface area contributed by atoms with Gasteiger partial charge in [-0.05, 0) is 62.1 Å². The van der Waals surface area contributed by atoms with Gasteiger partial charge in [0.25, 0.3) is 0 Å². The van der Waals surface area contributed by atoms with Gasteiger partial charge in [-0.2, -0.15) is 9.29 Å². The Morgan fingerprint density at radius 2 is 1.83 bits per heavy atom. The van der Waals surface area contributed by atoms with E-state index in [4.69, 9.17) is 4.52 Å². The first-order chi connectivity index (χ1) is 13.8. The van der Waals surface area contributed by atoms with E-state index in [1.54, 1.807) is 16.4 Å². The van der Waals surface area contributed by atoms with Crippen LogP contribution in [0.15, 0.2) is 56.4 Å². The highest BCUT2D eigenvalue weighted by molar-refractivity contribution is 9.10. The van der Waals surface area contributed by atoms with Crippen LogP contribution >= 0.6 is 15.9 Å². The molecule has 1 aliphatic rings. The predicted molar refractivity (Wildman–Crippen MR) is 114 cm³/mol. The molecule has 0 aliphatic carbocycles. The van der Waals surface area contributed by atoms with Gasteiger partial charge in [0.05, 0.1) is 4.90 Å². The molecule has 0 atom stereocenters. The van der Waals surface area contributed by atoms with Crippen LogP contribution in [0.1, 0.15) is 35.8 Å². The first-order valence-electron chi connectivity index (χ1n) is 9.51. The second-order valence-corrected chi connectivity index (χ2v) is 10.2. The van der Waals surface area contributed by atoms with Crippen LogP contribution in [0.3, 0.4) is 0 Å². The molecule has 1 aliphatic heterocycles. The number of hydrogen-bond donors (Lipinski definition) is 0. The van der Waals surface area contributed by atoms with Crippen molar-refractivity contribution < 1.29 is 12.9 Å². The summed E-state index contributed by atoms with van der Waals surface area (Å²) < 4.78 is 34.0. The Morgan fingerprint density at radius 3 is 2.52 bits per heavy atom. The maximum absolute atomic E-state index is 13.0. The minimum Gasteiger partial charge on any atom is -0.339 e. The van der Waals surface area contributed by atoms with Gasteiger partial charge in [0, 0.05) is 29.0 Å². The van der Waals surface area contributed by atoms with Crippen molar-refractivity contribution in [2.24, 2.45) is 0 Å². The fraction of sp³-hybridized carbons (Fsp3) is 0.333. The Morgan fingerprint density at radius 1 is 1.07 bits per heavy atom. The van der Waals surface area contributed by atoms with Crippen LogP contribution in [-0.4, -0.2) is 36.0 Å². The number of rotatable bonds is 4. The maximum Gasteiger partial charge on any atom is 0.243 e. The molecule has 4 rings (SSSR count). The molecule has 2 aromatic carbocycles. The van der Waals surface area contributed by atoms with Crippen LogP contribution in [0.2, 0.25) is 0 Å². The second kappa shape index (κ2) is 8.01. The lowest BCUT2D eigenvalue weighted by atomic mass is 9.98. The summed E-state index contributed by atoms with van der Waals surface area (Å²) in [5.41, 5.74) is 2.94. The SMILES string of the molecule is Cc1ccc(S(=O)(=O)N2CCC(c3nc(-c4cccc(Br)c4)no3)CC2)cc1C. The van der Waals surface area contributed by atoms with Crippen molar-refractivity contribution in [2.75, 3.05) is 13.1 Å². The molecule has 29 heavy (non-hydrogen) atoms. The number of hydrogen-bond acceptors (Lipinski definition) is 5. The highest BCUT2D eigenvalue weighted by Gasteiger charge is 2.32. The molecule has 8 heteroatoms. The van der Waals surface area contributed by atoms with Gasteiger partial charge in [0.2, 0.25) is 21.7 Å². The third-order valence-corrected chi connectivity index (χ3v) is 7.83. The number of halogens is 1. The average molecular weight is 476 g/mol. The summed E-state index contributed by atoms with van der Waals surface area (Å²) in [5, 5.41) is 4.10. The van der Waals surface area contributed by atoms with Gasteiger partial charge in [-0.1, -0.05) is 39.3 Å². The molecule has 152 valence electrons. The summed E-state index contributed by atoms with van der Waals surface area (Å²) in [6.07, 6.45) is 1.31. The van der Waals surface area contributed by atoms with Crippen molar-refractivity contribution in [1.29, 1.82) is 0 Å². The third-order valence-electron chi connectivity index (χ3n) is 5.44. The zero-order valence-electron chi connectivity index (χ0n) is 16.3. The lowest BCUT2D eigenvalue weighted by molar-refractivity contribution is 0.271. The summed E-state index contributed by atoms with van der Waals surface area (Å²) in [6, 6.07) is 13.0. The molecular formula is C21H22BrN3O3S. The predicted octanol–water partition coefficient (Wildman–Crippen LogP) is 4.68. The highest BCUT2D eigenvalue weighted by Crippen LogP contribution is 2.31. The van der Waals surface area contributed by atoms with Gasteiger partial charge in [0.1, 0.15) is 0 Å². The van der Waals surface area contributed by atoms with Crippen molar-refractivity contribution in [3.05, 3.63) is 64.0 Å². The molecule has 0 unspecified atom stereocenters. The van der Waals surface area contributed by atoms with Crippen LogP contribution in [0.5, 0.6) is 0 Å². The number of aryl methyl sites for hydroxylation is 2. The third kappa shape index (κ3) is 4.15. The Kier molecular flexibility index (Phi) is 5.59. The van der Waals surface area contributed by atoms with E-state index in [1.165, 1.54) is 0 Å². The van der Waals surface area contributed by atoms with Gasteiger partial charge in [0.15, 0.2) is 0 Å². The lowest BCUT2D eigenvalue weighted by Crippen LogP contribution is -2.38. The molecule has 0 bridgehead atoms. The van der Waals surface area contributed by atoms with Crippen molar-refractivity contribution in [3.8, 4) is 11.4 Å². The molecule has 0 radical (unpaired) electrons. The van der Waals surface area contributed by atoms with Gasteiger partial charge < -0.3 is 4.52 Å². The number of aromatic nitrogens is 2. The zero-order valence-corrected chi connectivity index (χ0v) is 18.7. The van der Waals surface area contributed by atoms with Crippen LogP contribution in [0.4, 0.5) is 0 Å². The summed E-state index contributed by atoms with van der Waals surface area (Å²) >= 11 is 3.45.